The molecular formula is C63H59GeIrN3S-2. The fourth-order valence-corrected chi connectivity index (χ4v) is 14.5. The van der Waals surface area contributed by atoms with Crippen molar-refractivity contribution in [1.29, 1.82) is 0 Å². The van der Waals surface area contributed by atoms with Gasteiger partial charge in [0.15, 0.2) is 0 Å². The Morgan fingerprint density at radius 3 is 2.01 bits per heavy atom. The van der Waals surface area contributed by atoms with Crippen molar-refractivity contribution in [3.63, 3.8) is 0 Å². The SMILES string of the molecule is CC(C)Cc1cc(-c2[c-]cccc2)nc[c]1[Ge]([CH3])([CH3])[CH3].CC(C)c1cc(-c2ccccc2)cc(C(C)C)c1-n1c(-c2[c-]ccc3c2sc2cc4c(ccc5ccccc54)cc23)nc2ccccc21.[Ir]. The smallest absolute Gasteiger partial charge is 0.0774 e. The molecule has 0 N–H and O–H groups in total. The molecule has 8 aromatic carbocycles. The molecule has 0 atom stereocenters. The molecular weight excluding hydrogens is 1100 g/mol. The summed E-state index contributed by atoms with van der Waals surface area (Å²) in [7, 11) is 0. The summed E-state index contributed by atoms with van der Waals surface area (Å²) in [4.78, 5) is 10.1. The standard InChI is InChI=1S/C45H35N2S.C18H24GeN.Ir/c1-27(2)36-24-32(29-13-6-5-7-14-29)25-37(28(3)4)43(36)47-41-20-11-10-19-40(41)46-45(47)35-18-12-17-34-39-23-31-22-21-30-15-8-9-16-33(30)38(31)26-42(39)48-44(34)35;1-14(2)11-16-12-18(15-9-7-6-8-10-15)20-13-17(16)19(3,4)5;/h5-17,19-28H,1-4H3;6-9,12-14H,11H2,1-5H3;/q2*-1;. The van der Waals surface area contributed by atoms with Crippen LogP contribution in [-0.4, -0.2) is 27.8 Å². The largest absolute Gasteiger partial charge is 0.333 e. The van der Waals surface area contributed by atoms with Crippen molar-refractivity contribution in [2.75, 3.05) is 0 Å². The zero-order valence-electron chi connectivity index (χ0n) is 41.1. The molecule has 0 saturated heterocycles. The van der Waals surface area contributed by atoms with E-state index in [-0.39, 0.29) is 20.1 Å². The van der Waals surface area contributed by atoms with Gasteiger partial charge in [-0.25, -0.2) is 0 Å². The molecule has 347 valence electrons. The van der Waals surface area contributed by atoms with Crippen molar-refractivity contribution in [1.82, 2.24) is 14.5 Å². The summed E-state index contributed by atoms with van der Waals surface area (Å²) in [5.41, 5.74) is 13.2. The van der Waals surface area contributed by atoms with Crippen molar-refractivity contribution in [2.24, 2.45) is 5.92 Å². The molecule has 0 fully saturated rings. The van der Waals surface area contributed by atoms with Gasteiger partial charge in [0.05, 0.1) is 16.9 Å². The van der Waals surface area contributed by atoms with Crippen molar-refractivity contribution in [3.05, 3.63) is 193 Å². The number of hydrogen-bond donors (Lipinski definition) is 0. The van der Waals surface area contributed by atoms with Gasteiger partial charge in [-0.05, 0) is 102 Å². The molecule has 3 nitrogen and oxygen atoms in total. The average Bonchev–Trinajstić information content (AvgIpc) is 3.91. The van der Waals surface area contributed by atoms with Crippen LogP contribution in [0.3, 0.4) is 0 Å². The number of imidazole rings is 1. The Hall–Kier alpha value is -5.69. The molecule has 0 aliphatic carbocycles. The number of hydrogen-bond acceptors (Lipinski definition) is 3. The van der Waals surface area contributed by atoms with Crippen LogP contribution in [0.15, 0.2) is 164 Å². The fraction of sp³-hybridized carbons (Fsp3) is 0.206. The monoisotopic (exact) mass is 1160 g/mol. The van der Waals surface area contributed by atoms with Crippen LogP contribution in [0.2, 0.25) is 17.3 Å². The molecule has 0 aliphatic rings. The van der Waals surface area contributed by atoms with E-state index in [9.17, 15) is 0 Å². The molecule has 0 bridgehead atoms. The van der Waals surface area contributed by atoms with Gasteiger partial charge in [-0.1, -0.05) is 118 Å². The zero-order chi connectivity index (χ0) is 47.3. The second-order valence-electron chi connectivity index (χ2n) is 20.3. The van der Waals surface area contributed by atoms with Gasteiger partial charge in [0, 0.05) is 30.5 Å². The summed E-state index contributed by atoms with van der Waals surface area (Å²) in [5.74, 6) is 9.55. The number of thiophene rings is 1. The molecule has 11 aromatic rings. The molecule has 0 spiro atoms. The summed E-state index contributed by atoms with van der Waals surface area (Å²) in [6.07, 6.45) is 3.27. The van der Waals surface area contributed by atoms with Gasteiger partial charge >= 0.3 is 126 Å². The first-order valence-corrected chi connectivity index (χ1v) is 32.4. The Kier molecular flexibility index (Phi) is 14.0. The maximum atomic E-state index is 5.40. The normalized spacial score (nSPS) is 11.9. The Morgan fingerprint density at radius 2 is 1.30 bits per heavy atom. The van der Waals surface area contributed by atoms with Crippen LogP contribution in [0.25, 0.3) is 92.2 Å². The van der Waals surface area contributed by atoms with Crippen molar-refractivity contribution in [3.8, 4) is 39.5 Å². The minimum Gasteiger partial charge on any atom is -0.333 e. The number of pyridine rings is 1. The van der Waals surface area contributed by atoms with Gasteiger partial charge in [0.1, 0.15) is 0 Å². The summed E-state index contributed by atoms with van der Waals surface area (Å²) in [6, 6.07) is 63.8. The van der Waals surface area contributed by atoms with Crippen LogP contribution in [0.1, 0.15) is 70.1 Å². The van der Waals surface area contributed by atoms with Crippen LogP contribution in [0.4, 0.5) is 0 Å². The van der Waals surface area contributed by atoms with E-state index in [4.69, 9.17) is 9.97 Å². The van der Waals surface area contributed by atoms with Crippen molar-refractivity contribution < 1.29 is 20.1 Å². The van der Waals surface area contributed by atoms with Gasteiger partial charge in [-0.3, -0.25) is 4.98 Å². The zero-order valence-corrected chi connectivity index (χ0v) is 46.4. The number of benzene rings is 8. The minimum absolute atomic E-state index is 0. The average molecular weight is 1160 g/mol. The third kappa shape index (κ3) is 9.52. The Labute approximate surface area is 428 Å². The molecule has 69 heavy (non-hydrogen) atoms. The molecule has 0 amide bonds. The van der Waals surface area contributed by atoms with Gasteiger partial charge in [-0.2, -0.15) is 11.3 Å². The van der Waals surface area contributed by atoms with E-state index in [0.717, 1.165) is 40.1 Å². The van der Waals surface area contributed by atoms with E-state index >= 15 is 0 Å². The van der Waals surface area contributed by atoms with E-state index in [1.54, 1.807) is 4.40 Å². The van der Waals surface area contributed by atoms with Gasteiger partial charge < -0.3 is 4.57 Å². The Bertz CT molecular complexity index is 3590. The Balaban J connectivity index is 0.000000238. The molecule has 3 aromatic heterocycles. The van der Waals surface area contributed by atoms with Crippen molar-refractivity contribution in [2.45, 2.75) is 77.1 Å². The number of fused-ring (bicyclic) bond motifs is 7. The van der Waals surface area contributed by atoms with Crippen LogP contribution >= 0.6 is 11.3 Å². The molecule has 0 aliphatic heterocycles. The van der Waals surface area contributed by atoms with E-state index in [2.05, 4.69) is 221 Å². The van der Waals surface area contributed by atoms with E-state index in [1.165, 1.54) is 75.2 Å². The molecule has 3 heterocycles. The maximum Gasteiger partial charge on any atom is 0.0774 e. The fourth-order valence-electron chi connectivity index (χ4n) is 9.93. The quantitative estimate of drug-likeness (QED) is 0.0819. The van der Waals surface area contributed by atoms with Crippen LogP contribution in [-0.2, 0) is 26.5 Å². The summed E-state index contributed by atoms with van der Waals surface area (Å²) >= 11 is -0.00156. The van der Waals surface area contributed by atoms with Crippen molar-refractivity contribution >= 4 is 81.7 Å². The summed E-state index contributed by atoms with van der Waals surface area (Å²) in [5, 5.41) is 7.67. The summed E-state index contributed by atoms with van der Waals surface area (Å²) in [6.45, 7) is 13.8. The molecule has 6 heteroatoms. The molecule has 0 saturated carbocycles. The first-order valence-electron chi connectivity index (χ1n) is 24.2. The topological polar surface area (TPSA) is 30.7 Å². The molecule has 1 radical (unpaired) electrons. The first-order chi connectivity index (χ1) is 32.8. The van der Waals surface area contributed by atoms with Gasteiger partial charge in [0.2, 0.25) is 0 Å². The van der Waals surface area contributed by atoms with Crippen LogP contribution < -0.4 is 4.40 Å². The van der Waals surface area contributed by atoms with Gasteiger partial charge in [-0.15, -0.1) is 18.2 Å². The Morgan fingerprint density at radius 1 is 0.609 bits per heavy atom. The van der Waals surface area contributed by atoms with E-state index in [1.807, 2.05) is 29.5 Å². The third-order valence-corrected chi connectivity index (χ3v) is 18.8. The summed E-state index contributed by atoms with van der Waals surface area (Å²) < 4.78 is 6.49. The minimum atomic E-state index is -1.86. The number of para-hydroxylation sites is 2. The van der Waals surface area contributed by atoms with E-state index in [0.29, 0.717) is 17.8 Å². The number of nitrogens with zero attached hydrogens (tertiary/aromatic N) is 3. The van der Waals surface area contributed by atoms with Crippen LogP contribution in [0.5, 0.6) is 0 Å². The predicted octanol–water partition coefficient (Wildman–Crippen LogP) is 17.4. The number of rotatable bonds is 9. The molecule has 11 rings (SSSR count). The predicted molar refractivity (Wildman–Crippen MR) is 297 cm³/mol. The second-order valence-corrected chi connectivity index (χ2v) is 32.0. The second kappa shape index (κ2) is 20.0. The van der Waals surface area contributed by atoms with Gasteiger partial charge in [0.25, 0.3) is 0 Å². The molecule has 0 unspecified atom stereocenters. The van der Waals surface area contributed by atoms with Crippen LogP contribution in [0, 0.1) is 18.1 Å². The van der Waals surface area contributed by atoms with E-state index < -0.39 is 13.3 Å². The third-order valence-electron chi connectivity index (χ3n) is 13.2. The number of aromatic nitrogens is 3. The maximum absolute atomic E-state index is 5.40. The first kappa shape index (κ1) is 48.3.